The lowest BCUT2D eigenvalue weighted by Gasteiger charge is -2.08. The Kier molecular flexibility index (Phi) is 4.34. The van der Waals surface area contributed by atoms with E-state index in [-0.39, 0.29) is 22.6 Å². The number of carbonyl (C=O) groups excluding carboxylic acids is 2. The first-order valence-electron chi connectivity index (χ1n) is 7.05. The van der Waals surface area contributed by atoms with Crippen molar-refractivity contribution in [3.8, 4) is 0 Å². The number of thiazole rings is 1. The van der Waals surface area contributed by atoms with Gasteiger partial charge in [0.15, 0.2) is 5.13 Å². The zero-order chi connectivity index (χ0) is 17.1. The van der Waals surface area contributed by atoms with E-state index >= 15 is 0 Å². The molecule has 0 fully saturated rings. The van der Waals surface area contributed by atoms with Gasteiger partial charge in [0.1, 0.15) is 4.88 Å². The number of nitrogens with zero attached hydrogens (tertiary/aromatic N) is 3. The van der Waals surface area contributed by atoms with E-state index in [0.29, 0.717) is 22.6 Å². The summed E-state index contributed by atoms with van der Waals surface area (Å²) in [5, 5.41) is 7.53. The summed E-state index contributed by atoms with van der Waals surface area (Å²) in [7, 11) is 0. The number of nitrogens with two attached hydrogens (primary N) is 1. The van der Waals surface area contributed by atoms with Crippen molar-refractivity contribution < 1.29 is 9.59 Å². The lowest BCUT2D eigenvalue weighted by atomic mass is 10.2. The normalized spacial score (nSPS) is 10.7. The van der Waals surface area contributed by atoms with Crippen LogP contribution >= 0.6 is 11.3 Å². The summed E-state index contributed by atoms with van der Waals surface area (Å²) in [6.07, 6.45) is 2.70. The van der Waals surface area contributed by atoms with Crippen LogP contribution < -0.4 is 16.5 Å². The molecule has 8 nitrogen and oxygen atoms in total. The van der Waals surface area contributed by atoms with Crippen LogP contribution in [0, 0.1) is 0 Å². The molecule has 24 heavy (non-hydrogen) atoms. The Morgan fingerprint density at radius 2 is 2.04 bits per heavy atom. The van der Waals surface area contributed by atoms with Gasteiger partial charge in [-0.15, -0.1) is 0 Å². The van der Waals surface area contributed by atoms with Crippen LogP contribution in [-0.2, 0) is 11.3 Å². The molecule has 122 valence electrons. The van der Waals surface area contributed by atoms with E-state index in [2.05, 4.69) is 15.4 Å². The van der Waals surface area contributed by atoms with E-state index in [1.165, 1.54) is 12.4 Å². The number of amides is 2. The second kappa shape index (κ2) is 6.59. The van der Waals surface area contributed by atoms with Crippen LogP contribution in [0.4, 0.5) is 5.13 Å². The molecule has 0 saturated carbocycles. The first kappa shape index (κ1) is 15.8. The molecule has 9 heteroatoms. The van der Waals surface area contributed by atoms with E-state index in [9.17, 15) is 14.4 Å². The van der Waals surface area contributed by atoms with Gasteiger partial charge in [0.2, 0.25) is 11.3 Å². The Hall–Kier alpha value is -3.07. The molecule has 0 unspecified atom stereocenters. The first-order chi connectivity index (χ1) is 11.5. The average molecular weight is 343 g/mol. The maximum Gasteiger partial charge on any atom is 0.260 e. The largest absolute Gasteiger partial charge is 0.365 e. The van der Waals surface area contributed by atoms with Gasteiger partial charge < -0.3 is 11.1 Å². The predicted octanol–water partition coefficient (Wildman–Crippen LogP) is 0.981. The summed E-state index contributed by atoms with van der Waals surface area (Å²) in [5.41, 5.74) is 5.65. The number of fused-ring (bicyclic) bond motifs is 1. The highest BCUT2D eigenvalue weighted by Gasteiger charge is 2.10. The van der Waals surface area contributed by atoms with Crippen LogP contribution in [0.1, 0.15) is 16.1 Å². The number of benzene rings is 1. The Morgan fingerprint density at radius 3 is 2.79 bits per heavy atom. The fourth-order valence-electron chi connectivity index (χ4n) is 2.17. The highest BCUT2D eigenvalue weighted by Crippen LogP contribution is 2.17. The predicted molar refractivity (Wildman–Crippen MR) is 89.9 cm³/mol. The van der Waals surface area contributed by atoms with Crippen molar-refractivity contribution in [2.75, 3.05) is 5.32 Å². The van der Waals surface area contributed by atoms with Crippen LogP contribution in [0.3, 0.4) is 0 Å². The Bertz CT molecular complexity index is 978. The summed E-state index contributed by atoms with van der Waals surface area (Å²) < 4.78 is 1.60. The number of aromatic nitrogens is 3. The fraction of sp³-hybridized carbons (Fsp3) is 0.133. The van der Waals surface area contributed by atoms with Crippen molar-refractivity contribution in [3.63, 3.8) is 0 Å². The SMILES string of the molecule is NC(=O)c1cnc(NC(=O)CCn2ncc(=O)c3ccccc32)s1. The van der Waals surface area contributed by atoms with Gasteiger partial charge in [-0.25, -0.2) is 4.98 Å². The summed E-state index contributed by atoms with van der Waals surface area (Å²) in [6, 6.07) is 7.08. The summed E-state index contributed by atoms with van der Waals surface area (Å²) in [6.45, 7) is 0.306. The number of carbonyl (C=O) groups is 2. The maximum atomic E-state index is 12.0. The third-order valence-corrected chi connectivity index (χ3v) is 4.23. The summed E-state index contributed by atoms with van der Waals surface area (Å²) >= 11 is 1.01. The van der Waals surface area contributed by atoms with E-state index < -0.39 is 5.91 Å². The van der Waals surface area contributed by atoms with Crippen LogP contribution in [0.5, 0.6) is 0 Å². The number of rotatable bonds is 5. The fourth-order valence-corrected chi connectivity index (χ4v) is 2.86. The van der Waals surface area contributed by atoms with Crippen molar-refractivity contribution in [3.05, 3.63) is 51.8 Å². The van der Waals surface area contributed by atoms with Crippen molar-refractivity contribution in [2.24, 2.45) is 5.73 Å². The molecule has 0 spiro atoms. The van der Waals surface area contributed by atoms with E-state index in [1.807, 2.05) is 0 Å². The molecule has 0 saturated heterocycles. The Labute approximate surface area is 139 Å². The van der Waals surface area contributed by atoms with Crippen LogP contribution in [0.25, 0.3) is 10.9 Å². The Balaban J connectivity index is 1.69. The quantitative estimate of drug-likeness (QED) is 0.715. The molecule has 3 aromatic rings. The van der Waals surface area contributed by atoms with Gasteiger partial charge in [0.05, 0.1) is 24.5 Å². The topological polar surface area (TPSA) is 120 Å². The van der Waals surface area contributed by atoms with Crippen molar-refractivity contribution in [1.82, 2.24) is 14.8 Å². The number of primary amides is 1. The number of aryl methyl sites for hydroxylation is 1. The van der Waals surface area contributed by atoms with E-state index in [1.54, 1.807) is 28.9 Å². The molecule has 0 atom stereocenters. The molecule has 3 N–H and O–H groups in total. The molecule has 0 aliphatic carbocycles. The number of hydrogen-bond donors (Lipinski definition) is 2. The van der Waals surface area contributed by atoms with E-state index in [4.69, 9.17) is 5.73 Å². The maximum absolute atomic E-state index is 12.0. The van der Waals surface area contributed by atoms with Gasteiger partial charge in [-0.1, -0.05) is 23.5 Å². The molecule has 2 heterocycles. The van der Waals surface area contributed by atoms with Gasteiger partial charge in [0, 0.05) is 11.8 Å². The first-order valence-corrected chi connectivity index (χ1v) is 7.86. The van der Waals surface area contributed by atoms with E-state index in [0.717, 1.165) is 11.3 Å². The monoisotopic (exact) mass is 343 g/mol. The van der Waals surface area contributed by atoms with Crippen molar-refractivity contribution in [1.29, 1.82) is 0 Å². The number of nitrogens with one attached hydrogen (secondary N) is 1. The molecule has 0 aliphatic rings. The average Bonchev–Trinajstić information content (AvgIpc) is 3.03. The zero-order valence-electron chi connectivity index (χ0n) is 12.4. The van der Waals surface area contributed by atoms with Crippen LogP contribution in [0.2, 0.25) is 0 Å². The highest BCUT2D eigenvalue weighted by molar-refractivity contribution is 7.17. The minimum Gasteiger partial charge on any atom is -0.365 e. The minimum absolute atomic E-state index is 0.144. The minimum atomic E-state index is -0.586. The Morgan fingerprint density at radius 1 is 1.25 bits per heavy atom. The molecular formula is C15H13N5O3S. The second-order valence-corrected chi connectivity index (χ2v) is 5.97. The van der Waals surface area contributed by atoms with Crippen molar-refractivity contribution in [2.45, 2.75) is 13.0 Å². The lowest BCUT2D eigenvalue weighted by Crippen LogP contribution is -2.17. The standard InChI is InChI=1S/C15H13N5O3S/c16-14(23)12-8-17-15(24-12)19-13(22)5-6-20-10-4-2-1-3-9(10)11(21)7-18-20/h1-4,7-8H,5-6H2,(H2,16,23)(H,17,19,22). The molecule has 0 radical (unpaired) electrons. The summed E-state index contributed by atoms with van der Waals surface area (Å²) in [5.74, 6) is -0.859. The molecule has 2 aromatic heterocycles. The molecule has 3 rings (SSSR count). The summed E-state index contributed by atoms with van der Waals surface area (Å²) in [4.78, 5) is 39.0. The third-order valence-electron chi connectivity index (χ3n) is 3.31. The number of anilines is 1. The smallest absolute Gasteiger partial charge is 0.260 e. The van der Waals surface area contributed by atoms with Gasteiger partial charge in [0.25, 0.3) is 5.91 Å². The highest BCUT2D eigenvalue weighted by atomic mass is 32.1. The molecule has 2 amide bonds. The van der Waals surface area contributed by atoms with Gasteiger partial charge >= 0.3 is 0 Å². The second-order valence-electron chi connectivity index (χ2n) is 4.94. The third kappa shape index (κ3) is 3.30. The van der Waals surface area contributed by atoms with Gasteiger partial charge in [-0.3, -0.25) is 19.1 Å². The van der Waals surface area contributed by atoms with Gasteiger partial charge in [-0.2, -0.15) is 5.10 Å². The molecule has 0 aliphatic heterocycles. The lowest BCUT2D eigenvalue weighted by molar-refractivity contribution is -0.116. The number of hydrogen-bond acceptors (Lipinski definition) is 6. The van der Waals surface area contributed by atoms with Gasteiger partial charge in [-0.05, 0) is 12.1 Å². The van der Waals surface area contributed by atoms with Crippen molar-refractivity contribution >= 4 is 39.2 Å². The zero-order valence-corrected chi connectivity index (χ0v) is 13.2. The van der Waals surface area contributed by atoms with Crippen LogP contribution in [0.15, 0.2) is 41.5 Å². The van der Waals surface area contributed by atoms with Crippen LogP contribution in [-0.4, -0.2) is 26.6 Å². The molecular weight excluding hydrogens is 330 g/mol. The molecule has 0 bridgehead atoms. The number of para-hydroxylation sites is 1. The molecule has 1 aromatic carbocycles.